The van der Waals surface area contributed by atoms with Crippen LogP contribution < -0.4 is 10.2 Å². The van der Waals surface area contributed by atoms with Gasteiger partial charge in [-0.25, -0.2) is 4.79 Å². The van der Waals surface area contributed by atoms with Gasteiger partial charge in [-0.05, 0) is 24.6 Å². The Balaban J connectivity index is 2.78. The summed E-state index contributed by atoms with van der Waals surface area (Å²) >= 11 is 6.16. The van der Waals surface area contributed by atoms with Gasteiger partial charge in [0.1, 0.15) is 0 Å². The fourth-order valence-electron chi connectivity index (χ4n) is 2.16. The maximum Gasteiger partial charge on any atom is 0.337 e. The highest BCUT2D eigenvalue weighted by molar-refractivity contribution is 6.34. The Bertz CT molecular complexity index is 621. The summed E-state index contributed by atoms with van der Waals surface area (Å²) in [4.78, 5) is 36.9. The van der Waals surface area contributed by atoms with Gasteiger partial charge in [0.15, 0.2) is 0 Å². The first-order valence-electron chi connectivity index (χ1n) is 7.82. The first-order valence-corrected chi connectivity index (χ1v) is 8.20. The molecule has 0 atom stereocenters. The van der Waals surface area contributed by atoms with Crippen LogP contribution in [0.3, 0.4) is 0 Å². The van der Waals surface area contributed by atoms with Crippen LogP contribution in [0.1, 0.15) is 30.1 Å². The van der Waals surface area contributed by atoms with E-state index in [4.69, 9.17) is 16.3 Å². The third-order valence-electron chi connectivity index (χ3n) is 3.45. The van der Waals surface area contributed by atoms with Gasteiger partial charge >= 0.3 is 5.97 Å². The number of nitrogens with zero attached hydrogens (tertiary/aromatic N) is 1. The number of ether oxygens (including phenoxy) is 2. The van der Waals surface area contributed by atoms with Gasteiger partial charge in [0.2, 0.25) is 11.8 Å². The van der Waals surface area contributed by atoms with Gasteiger partial charge in [-0.2, -0.15) is 0 Å². The Morgan fingerprint density at radius 2 is 1.96 bits per heavy atom. The maximum absolute atomic E-state index is 12.0. The molecule has 0 aliphatic carbocycles. The molecule has 0 aromatic heterocycles. The molecule has 7 nitrogen and oxygen atoms in total. The molecular formula is C17H23ClN2O5. The molecule has 0 aliphatic heterocycles. The first kappa shape index (κ1) is 20.9. The number of rotatable bonds is 9. The number of hydrogen-bond donors (Lipinski definition) is 1. The number of hydrogen-bond acceptors (Lipinski definition) is 5. The van der Waals surface area contributed by atoms with Crippen LogP contribution in [-0.2, 0) is 19.1 Å². The summed E-state index contributed by atoms with van der Waals surface area (Å²) in [6.07, 6.45) is 0.830. The molecule has 1 aromatic carbocycles. The van der Waals surface area contributed by atoms with Gasteiger partial charge in [0, 0.05) is 40.2 Å². The van der Waals surface area contributed by atoms with Crippen molar-refractivity contribution in [2.45, 2.75) is 19.8 Å². The number of nitrogens with one attached hydrogen (secondary N) is 1. The summed E-state index contributed by atoms with van der Waals surface area (Å²) < 4.78 is 9.58. The van der Waals surface area contributed by atoms with Crippen molar-refractivity contribution in [3.63, 3.8) is 0 Å². The molecule has 2 amide bonds. The molecule has 0 fully saturated rings. The highest BCUT2D eigenvalue weighted by Crippen LogP contribution is 2.27. The van der Waals surface area contributed by atoms with Crippen molar-refractivity contribution in [2.75, 3.05) is 38.8 Å². The molecule has 1 N–H and O–H groups in total. The van der Waals surface area contributed by atoms with Crippen molar-refractivity contribution in [3.8, 4) is 0 Å². The van der Waals surface area contributed by atoms with Gasteiger partial charge < -0.3 is 19.7 Å². The lowest BCUT2D eigenvalue weighted by Crippen LogP contribution is -2.34. The number of esters is 1. The van der Waals surface area contributed by atoms with E-state index < -0.39 is 5.97 Å². The molecule has 0 spiro atoms. The second-order valence-electron chi connectivity index (χ2n) is 5.27. The zero-order valence-electron chi connectivity index (χ0n) is 14.6. The predicted octanol–water partition coefficient (Wildman–Crippen LogP) is 2.02. The molecule has 0 saturated carbocycles. The molecule has 138 valence electrons. The lowest BCUT2D eigenvalue weighted by molar-refractivity contribution is -0.121. The smallest absolute Gasteiger partial charge is 0.337 e. The minimum absolute atomic E-state index is 0.116. The average Bonchev–Trinajstić information content (AvgIpc) is 2.59. The lowest BCUT2D eigenvalue weighted by Gasteiger charge is -2.22. The molecule has 0 radical (unpaired) electrons. The summed E-state index contributed by atoms with van der Waals surface area (Å²) in [6, 6.07) is 4.51. The lowest BCUT2D eigenvalue weighted by atomic mass is 10.1. The largest absolute Gasteiger partial charge is 0.465 e. The Hall–Kier alpha value is -2.12. The van der Waals surface area contributed by atoms with Crippen molar-refractivity contribution < 1.29 is 23.9 Å². The zero-order valence-corrected chi connectivity index (χ0v) is 15.4. The number of amides is 2. The molecule has 1 rings (SSSR count). The van der Waals surface area contributed by atoms with E-state index in [1.807, 2.05) is 0 Å². The minimum Gasteiger partial charge on any atom is -0.465 e. The fourth-order valence-corrected chi connectivity index (χ4v) is 2.38. The third kappa shape index (κ3) is 6.72. The molecule has 8 heteroatoms. The first-order chi connectivity index (χ1) is 11.9. The highest BCUT2D eigenvalue weighted by atomic mass is 35.5. The second kappa shape index (κ2) is 10.7. The summed E-state index contributed by atoms with van der Waals surface area (Å²) in [5, 5.41) is 3.06. The van der Waals surface area contributed by atoms with Gasteiger partial charge in [0.05, 0.1) is 23.4 Å². The molecular weight excluding hydrogens is 348 g/mol. The van der Waals surface area contributed by atoms with E-state index in [1.54, 1.807) is 7.11 Å². The fraction of sp³-hybridized carbons (Fsp3) is 0.471. The van der Waals surface area contributed by atoms with Crippen LogP contribution in [-0.4, -0.2) is 51.7 Å². The molecule has 0 heterocycles. The standard InChI is InChI=1S/C17H23ClN2O5/c1-12(21)20(9-7-16(22)19-8-4-10-24-2)15-11-13(17(23)25-3)5-6-14(15)18/h5-6,11H,4,7-10H2,1-3H3,(H,19,22). The monoisotopic (exact) mass is 370 g/mol. The molecule has 1 aromatic rings. The summed E-state index contributed by atoms with van der Waals surface area (Å²) in [6.45, 7) is 2.59. The van der Waals surface area contributed by atoms with Crippen LogP contribution in [0.4, 0.5) is 5.69 Å². The third-order valence-corrected chi connectivity index (χ3v) is 3.77. The summed E-state index contributed by atoms with van der Waals surface area (Å²) in [5.74, 6) is -0.990. The number of carbonyl (C=O) groups excluding carboxylic acids is 3. The number of anilines is 1. The van der Waals surface area contributed by atoms with Crippen molar-refractivity contribution >= 4 is 35.1 Å². The van der Waals surface area contributed by atoms with E-state index in [2.05, 4.69) is 10.1 Å². The second-order valence-corrected chi connectivity index (χ2v) is 5.68. The normalized spacial score (nSPS) is 10.2. The Morgan fingerprint density at radius 1 is 1.24 bits per heavy atom. The van der Waals surface area contributed by atoms with E-state index >= 15 is 0 Å². The quantitative estimate of drug-likeness (QED) is 0.531. The SMILES string of the molecule is COCCCNC(=O)CCN(C(C)=O)c1cc(C(=O)OC)ccc1Cl. The topological polar surface area (TPSA) is 84.9 Å². The van der Waals surface area contributed by atoms with E-state index in [9.17, 15) is 14.4 Å². The zero-order chi connectivity index (χ0) is 18.8. The number of methoxy groups -OCH3 is 2. The van der Waals surface area contributed by atoms with Crippen LogP contribution in [0, 0.1) is 0 Å². The number of halogens is 1. The number of carbonyl (C=O) groups is 3. The van der Waals surface area contributed by atoms with Gasteiger partial charge in [-0.3, -0.25) is 9.59 Å². The van der Waals surface area contributed by atoms with Crippen molar-refractivity contribution in [1.82, 2.24) is 5.32 Å². The maximum atomic E-state index is 12.0. The van der Waals surface area contributed by atoms with Crippen molar-refractivity contribution in [3.05, 3.63) is 28.8 Å². The molecule has 0 aliphatic rings. The molecule has 25 heavy (non-hydrogen) atoms. The van der Waals surface area contributed by atoms with Gasteiger partial charge in [0.25, 0.3) is 0 Å². The van der Waals surface area contributed by atoms with Crippen LogP contribution in [0.5, 0.6) is 0 Å². The summed E-state index contributed by atoms with van der Waals surface area (Å²) in [5.41, 5.74) is 0.640. The van der Waals surface area contributed by atoms with E-state index in [0.717, 1.165) is 0 Å². The Morgan fingerprint density at radius 3 is 2.56 bits per heavy atom. The minimum atomic E-state index is -0.530. The van der Waals surface area contributed by atoms with E-state index in [0.29, 0.717) is 30.3 Å². The summed E-state index contributed by atoms with van der Waals surface area (Å²) in [7, 11) is 2.87. The molecule has 0 saturated heterocycles. The van der Waals surface area contributed by atoms with Crippen LogP contribution in [0.15, 0.2) is 18.2 Å². The van der Waals surface area contributed by atoms with E-state index in [-0.39, 0.29) is 30.3 Å². The average molecular weight is 371 g/mol. The van der Waals surface area contributed by atoms with Crippen LogP contribution in [0.2, 0.25) is 5.02 Å². The molecule has 0 bridgehead atoms. The van der Waals surface area contributed by atoms with Crippen LogP contribution >= 0.6 is 11.6 Å². The van der Waals surface area contributed by atoms with Gasteiger partial charge in [-0.1, -0.05) is 11.6 Å². The van der Waals surface area contributed by atoms with Crippen molar-refractivity contribution in [2.24, 2.45) is 0 Å². The van der Waals surface area contributed by atoms with E-state index in [1.165, 1.54) is 37.1 Å². The molecule has 0 unspecified atom stereocenters. The Kier molecular flexibility index (Phi) is 8.94. The highest BCUT2D eigenvalue weighted by Gasteiger charge is 2.18. The van der Waals surface area contributed by atoms with Crippen molar-refractivity contribution in [1.29, 1.82) is 0 Å². The Labute approximate surface area is 152 Å². The van der Waals surface area contributed by atoms with Gasteiger partial charge in [-0.15, -0.1) is 0 Å². The van der Waals surface area contributed by atoms with Crippen LogP contribution in [0.25, 0.3) is 0 Å². The number of benzene rings is 1. The predicted molar refractivity (Wildman–Crippen MR) is 94.9 cm³/mol.